The smallest absolute Gasteiger partial charge is 0.0337 e. The lowest BCUT2D eigenvalue weighted by atomic mass is 9.98. The van der Waals surface area contributed by atoms with E-state index in [1.165, 1.54) is 49.7 Å². The number of fused-ring (bicyclic) bond motifs is 1. The molecule has 0 aromatic heterocycles. The van der Waals surface area contributed by atoms with Crippen LogP contribution in [0.3, 0.4) is 0 Å². The van der Waals surface area contributed by atoms with Crippen molar-refractivity contribution in [2.75, 3.05) is 6.54 Å². The lowest BCUT2D eigenvalue weighted by Crippen LogP contribution is -2.31. The molecule has 1 heterocycles. The number of nitrogens with one attached hydrogen (secondary N) is 2. The fraction of sp³-hybridized carbons (Fsp3) is 0.667. The van der Waals surface area contributed by atoms with Crippen LogP contribution in [0.15, 0.2) is 24.3 Å². The molecule has 1 aliphatic heterocycles. The van der Waals surface area contributed by atoms with E-state index in [0.29, 0.717) is 12.1 Å². The highest BCUT2D eigenvalue weighted by Gasteiger charge is 2.19. The Balaban J connectivity index is 1.88. The van der Waals surface area contributed by atoms with Crippen molar-refractivity contribution in [3.63, 3.8) is 0 Å². The van der Waals surface area contributed by atoms with E-state index < -0.39 is 0 Å². The molecule has 0 saturated heterocycles. The van der Waals surface area contributed by atoms with Crippen LogP contribution >= 0.6 is 0 Å². The van der Waals surface area contributed by atoms with E-state index in [9.17, 15) is 0 Å². The Labute approximate surface area is 124 Å². The van der Waals surface area contributed by atoms with Gasteiger partial charge in [0.05, 0.1) is 0 Å². The van der Waals surface area contributed by atoms with E-state index in [2.05, 4.69) is 48.7 Å². The molecule has 0 radical (unpaired) electrons. The summed E-state index contributed by atoms with van der Waals surface area (Å²) in [4.78, 5) is 0. The van der Waals surface area contributed by atoms with E-state index >= 15 is 0 Å². The normalized spacial score (nSPS) is 20.2. The summed E-state index contributed by atoms with van der Waals surface area (Å²) < 4.78 is 0. The summed E-state index contributed by atoms with van der Waals surface area (Å²) in [7, 11) is 0. The fourth-order valence-electron chi connectivity index (χ4n) is 3.14. The van der Waals surface area contributed by atoms with Gasteiger partial charge in [0.2, 0.25) is 0 Å². The number of unbranched alkanes of at least 4 members (excludes halogenated alkanes) is 3. The molecular weight excluding hydrogens is 244 g/mol. The zero-order valence-corrected chi connectivity index (χ0v) is 13.1. The average Bonchev–Trinajstić information content (AvgIpc) is 2.67. The average molecular weight is 274 g/mol. The summed E-state index contributed by atoms with van der Waals surface area (Å²) in [5, 5.41) is 7.38. The van der Waals surface area contributed by atoms with Crippen LogP contribution in [0.2, 0.25) is 0 Å². The van der Waals surface area contributed by atoms with Crippen molar-refractivity contribution < 1.29 is 0 Å². The van der Waals surface area contributed by atoms with Crippen molar-refractivity contribution in [1.29, 1.82) is 0 Å². The Kier molecular flexibility index (Phi) is 6.55. The predicted octanol–water partition coefficient (Wildman–Crippen LogP) is 4.17. The van der Waals surface area contributed by atoms with Crippen LogP contribution in [0.4, 0.5) is 0 Å². The molecule has 2 rings (SSSR count). The van der Waals surface area contributed by atoms with Gasteiger partial charge in [0.1, 0.15) is 0 Å². The van der Waals surface area contributed by atoms with Gasteiger partial charge in [-0.05, 0) is 37.4 Å². The van der Waals surface area contributed by atoms with Crippen LogP contribution in [0, 0.1) is 0 Å². The second kappa shape index (κ2) is 8.43. The van der Waals surface area contributed by atoms with Gasteiger partial charge in [-0.25, -0.2) is 0 Å². The van der Waals surface area contributed by atoms with Crippen LogP contribution in [-0.2, 0) is 6.54 Å². The largest absolute Gasteiger partial charge is 0.313 e. The third-order valence-corrected chi connectivity index (χ3v) is 4.33. The van der Waals surface area contributed by atoms with E-state index in [1.807, 2.05) is 0 Å². The highest BCUT2D eigenvalue weighted by molar-refractivity contribution is 5.31. The molecule has 2 nitrogen and oxygen atoms in total. The first-order chi connectivity index (χ1) is 9.81. The minimum atomic E-state index is 0.516. The summed E-state index contributed by atoms with van der Waals surface area (Å²) >= 11 is 0. The van der Waals surface area contributed by atoms with Crippen LogP contribution in [0.5, 0.6) is 0 Å². The van der Waals surface area contributed by atoms with E-state index in [0.717, 1.165) is 13.1 Å². The number of rotatable bonds is 7. The zero-order chi connectivity index (χ0) is 14.2. The van der Waals surface area contributed by atoms with E-state index in [4.69, 9.17) is 0 Å². The summed E-state index contributed by atoms with van der Waals surface area (Å²) in [5.74, 6) is 0. The van der Waals surface area contributed by atoms with Crippen molar-refractivity contribution in [2.24, 2.45) is 0 Å². The predicted molar refractivity (Wildman–Crippen MR) is 86.9 cm³/mol. The zero-order valence-electron chi connectivity index (χ0n) is 13.1. The second-order valence-corrected chi connectivity index (χ2v) is 6.13. The Morgan fingerprint density at radius 1 is 1.25 bits per heavy atom. The molecule has 112 valence electrons. The van der Waals surface area contributed by atoms with E-state index in [1.54, 1.807) is 0 Å². The van der Waals surface area contributed by atoms with Crippen LogP contribution in [0.25, 0.3) is 0 Å². The number of benzene rings is 1. The molecule has 2 heteroatoms. The molecule has 20 heavy (non-hydrogen) atoms. The summed E-state index contributed by atoms with van der Waals surface area (Å²) in [6, 6.07) is 10.0. The van der Waals surface area contributed by atoms with Gasteiger partial charge >= 0.3 is 0 Å². The van der Waals surface area contributed by atoms with Gasteiger partial charge in [-0.1, -0.05) is 56.9 Å². The summed E-state index contributed by atoms with van der Waals surface area (Å²) in [6.07, 6.45) is 7.93. The van der Waals surface area contributed by atoms with Gasteiger partial charge in [0.25, 0.3) is 0 Å². The molecule has 0 bridgehead atoms. The first kappa shape index (κ1) is 15.5. The maximum Gasteiger partial charge on any atom is 0.0337 e. The highest BCUT2D eigenvalue weighted by atomic mass is 15.0. The van der Waals surface area contributed by atoms with E-state index in [-0.39, 0.29) is 0 Å². The SMILES string of the molecule is CCCCCCC(C)NC1CCNCc2ccccc21. The van der Waals surface area contributed by atoms with Crippen LogP contribution < -0.4 is 10.6 Å². The number of hydrogen-bond acceptors (Lipinski definition) is 2. The molecule has 2 atom stereocenters. The van der Waals surface area contributed by atoms with Gasteiger partial charge < -0.3 is 10.6 Å². The van der Waals surface area contributed by atoms with Crippen molar-refractivity contribution >= 4 is 0 Å². The number of hydrogen-bond donors (Lipinski definition) is 2. The monoisotopic (exact) mass is 274 g/mol. The topological polar surface area (TPSA) is 24.1 Å². The molecular formula is C18H30N2. The molecule has 2 N–H and O–H groups in total. The maximum absolute atomic E-state index is 3.85. The van der Waals surface area contributed by atoms with Gasteiger partial charge in [-0.2, -0.15) is 0 Å². The molecule has 0 amide bonds. The van der Waals surface area contributed by atoms with Crippen molar-refractivity contribution in [2.45, 2.75) is 71.0 Å². The molecule has 2 unspecified atom stereocenters. The second-order valence-electron chi connectivity index (χ2n) is 6.13. The highest BCUT2D eigenvalue weighted by Crippen LogP contribution is 2.24. The summed E-state index contributed by atoms with van der Waals surface area (Å²) in [6.45, 7) is 6.73. The lowest BCUT2D eigenvalue weighted by Gasteiger charge is -2.24. The minimum Gasteiger partial charge on any atom is -0.313 e. The van der Waals surface area contributed by atoms with Gasteiger partial charge in [-0.15, -0.1) is 0 Å². The van der Waals surface area contributed by atoms with Crippen molar-refractivity contribution in [1.82, 2.24) is 10.6 Å². The first-order valence-electron chi connectivity index (χ1n) is 8.35. The molecule has 1 aromatic carbocycles. The third-order valence-electron chi connectivity index (χ3n) is 4.33. The third kappa shape index (κ3) is 4.60. The molecule has 0 fully saturated rings. The van der Waals surface area contributed by atoms with Crippen LogP contribution in [0.1, 0.15) is 69.5 Å². The van der Waals surface area contributed by atoms with Crippen molar-refractivity contribution in [3.8, 4) is 0 Å². The maximum atomic E-state index is 3.85. The lowest BCUT2D eigenvalue weighted by molar-refractivity contribution is 0.406. The Hall–Kier alpha value is -0.860. The fourth-order valence-corrected chi connectivity index (χ4v) is 3.14. The molecule has 0 saturated carbocycles. The Morgan fingerprint density at radius 3 is 2.95 bits per heavy atom. The Morgan fingerprint density at radius 2 is 2.10 bits per heavy atom. The standard InChI is InChI=1S/C18H30N2/c1-3-4-5-6-9-15(2)20-18-12-13-19-14-16-10-7-8-11-17(16)18/h7-8,10-11,15,18-20H,3-6,9,12-14H2,1-2H3. The molecule has 0 spiro atoms. The van der Waals surface area contributed by atoms with Gasteiger partial charge in [0, 0.05) is 18.6 Å². The van der Waals surface area contributed by atoms with Crippen molar-refractivity contribution in [3.05, 3.63) is 35.4 Å². The molecule has 1 aromatic rings. The van der Waals surface area contributed by atoms with Gasteiger partial charge in [-0.3, -0.25) is 0 Å². The van der Waals surface area contributed by atoms with Crippen LogP contribution in [-0.4, -0.2) is 12.6 Å². The summed E-state index contributed by atoms with van der Waals surface area (Å²) in [5.41, 5.74) is 2.96. The minimum absolute atomic E-state index is 0.516. The van der Waals surface area contributed by atoms with Gasteiger partial charge in [0.15, 0.2) is 0 Å². The quantitative estimate of drug-likeness (QED) is 0.729. The first-order valence-corrected chi connectivity index (χ1v) is 8.35. The molecule has 0 aliphatic carbocycles. The Bertz CT molecular complexity index is 389. The molecule has 1 aliphatic rings.